The first kappa shape index (κ1) is 12.8. The average Bonchev–Trinajstić information content (AvgIpc) is 2.51. The molecule has 4 atom stereocenters. The van der Waals surface area contributed by atoms with Crippen molar-refractivity contribution in [3.05, 3.63) is 83.4 Å². The Bertz CT molecular complexity index is 688. The average molecular weight is 275 g/mol. The van der Waals surface area contributed by atoms with E-state index in [-0.39, 0.29) is 0 Å². The van der Waals surface area contributed by atoms with Crippen LogP contribution in [0.5, 0.6) is 0 Å². The van der Waals surface area contributed by atoms with E-state index in [1.807, 2.05) is 0 Å². The smallest absolute Gasteiger partial charge is 0.0392 e. The minimum atomic E-state index is 0.471. The van der Waals surface area contributed by atoms with E-state index >= 15 is 0 Å². The van der Waals surface area contributed by atoms with Crippen molar-refractivity contribution in [1.29, 1.82) is 0 Å². The molecule has 2 aromatic carbocycles. The Morgan fingerprint density at radius 1 is 1.05 bits per heavy atom. The van der Waals surface area contributed by atoms with E-state index in [0.717, 1.165) is 13.0 Å². The first-order valence-corrected chi connectivity index (χ1v) is 7.84. The van der Waals surface area contributed by atoms with Gasteiger partial charge >= 0.3 is 0 Å². The SMILES string of the molecule is C=CCC1c2ccccc2C2c3ccccc3CN1[C@H]2C. The number of rotatable bonds is 2. The number of hydrogen-bond donors (Lipinski definition) is 0. The fourth-order valence-corrected chi connectivity index (χ4v) is 4.29. The zero-order valence-corrected chi connectivity index (χ0v) is 12.5. The normalized spacial score (nSPS) is 29.4. The van der Waals surface area contributed by atoms with Crippen molar-refractivity contribution in [3.63, 3.8) is 0 Å². The van der Waals surface area contributed by atoms with Gasteiger partial charge in [0.15, 0.2) is 0 Å². The highest BCUT2D eigenvalue weighted by atomic mass is 15.2. The standard InChI is InChI=1S/C20H21N/c1-3-8-19-17-11-6-7-12-18(17)20-14(2)21(19)13-15-9-4-5-10-16(15)20/h3-7,9-12,14,19-20H,1,8,13H2,2H3/t14-,19?,20?/m0/s1. The van der Waals surface area contributed by atoms with Gasteiger partial charge in [-0.1, -0.05) is 54.6 Å². The highest BCUT2D eigenvalue weighted by Crippen LogP contribution is 2.49. The molecular formula is C20H21N. The maximum Gasteiger partial charge on any atom is 0.0392 e. The molecule has 2 aliphatic heterocycles. The largest absolute Gasteiger partial charge is 0.288 e. The molecule has 2 bridgehead atoms. The van der Waals surface area contributed by atoms with Gasteiger partial charge in [-0.15, -0.1) is 6.58 Å². The quantitative estimate of drug-likeness (QED) is 0.721. The number of fused-ring (bicyclic) bond motifs is 6. The third-order valence-electron chi connectivity index (χ3n) is 5.23. The minimum Gasteiger partial charge on any atom is -0.288 e. The van der Waals surface area contributed by atoms with Crippen LogP contribution in [0, 0.1) is 0 Å². The molecule has 4 rings (SSSR count). The molecule has 2 aliphatic rings. The molecule has 0 spiro atoms. The summed E-state index contributed by atoms with van der Waals surface area (Å²) in [6.45, 7) is 7.41. The molecule has 1 nitrogen and oxygen atoms in total. The van der Waals surface area contributed by atoms with Crippen molar-refractivity contribution in [3.8, 4) is 0 Å². The van der Waals surface area contributed by atoms with Crippen LogP contribution in [0.25, 0.3) is 0 Å². The maximum absolute atomic E-state index is 3.98. The summed E-state index contributed by atoms with van der Waals surface area (Å²) >= 11 is 0. The highest BCUT2D eigenvalue weighted by Gasteiger charge is 2.42. The van der Waals surface area contributed by atoms with Gasteiger partial charge in [-0.05, 0) is 35.6 Å². The van der Waals surface area contributed by atoms with Crippen molar-refractivity contribution in [1.82, 2.24) is 4.90 Å². The third kappa shape index (κ3) is 1.81. The highest BCUT2D eigenvalue weighted by molar-refractivity contribution is 5.48. The molecule has 0 N–H and O–H groups in total. The van der Waals surface area contributed by atoms with Crippen LogP contribution in [0.15, 0.2) is 61.2 Å². The van der Waals surface area contributed by atoms with Crippen molar-refractivity contribution in [2.75, 3.05) is 0 Å². The molecule has 2 aromatic rings. The van der Waals surface area contributed by atoms with E-state index in [2.05, 4.69) is 73.0 Å². The molecule has 0 amide bonds. The summed E-state index contributed by atoms with van der Waals surface area (Å²) in [5.41, 5.74) is 6.02. The van der Waals surface area contributed by atoms with Gasteiger partial charge in [0.1, 0.15) is 0 Å². The van der Waals surface area contributed by atoms with Gasteiger partial charge < -0.3 is 0 Å². The zero-order valence-electron chi connectivity index (χ0n) is 12.5. The summed E-state index contributed by atoms with van der Waals surface area (Å²) in [6, 6.07) is 19.0. The molecule has 1 heteroatoms. The molecule has 0 aromatic heterocycles. The molecule has 3 unspecified atom stereocenters. The molecule has 21 heavy (non-hydrogen) atoms. The summed E-state index contributed by atoms with van der Waals surface area (Å²) < 4.78 is 0. The van der Waals surface area contributed by atoms with Gasteiger partial charge in [-0.25, -0.2) is 0 Å². The Morgan fingerprint density at radius 3 is 2.48 bits per heavy atom. The summed E-state index contributed by atoms with van der Waals surface area (Å²) in [5.74, 6) is 0.507. The van der Waals surface area contributed by atoms with Crippen LogP contribution in [-0.2, 0) is 6.54 Å². The molecule has 0 saturated carbocycles. The lowest BCUT2D eigenvalue weighted by Crippen LogP contribution is -2.47. The van der Waals surface area contributed by atoms with E-state index in [9.17, 15) is 0 Å². The van der Waals surface area contributed by atoms with Crippen molar-refractivity contribution in [2.45, 2.75) is 37.9 Å². The van der Waals surface area contributed by atoms with Crippen LogP contribution >= 0.6 is 0 Å². The lowest BCUT2D eigenvalue weighted by molar-refractivity contribution is 0.0938. The predicted octanol–water partition coefficient (Wildman–Crippen LogP) is 4.65. The lowest BCUT2D eigenvalue weighted by Gasteiger charge is -2.50. The fraction of sp³-hybridized carbons (Fsp3) is 0.300. The van der Waals surface area contributed by atoms with Crippen LogP contribution in [0.3, 0.4) is 0 Å². The number of benzene rings is 2. The Kier molecular flexibility index (Phi) is 2.97. The van der Waals surface area contributed by atoms with Crippen molar-refractivity contribution < 1.29 is 0 Å². The molecule has 0 fully saturated rings. The molecule has 0 aliphatic carbocycles. The molecule has 0 radical (unpaired) electrons. The van der Waals surface area contributed by atoms with Crippen LogP contribution in [0.2, 0.25) is 0 Å². The Morgan fingerprint density at radius 2 is 1.71 bits per heavy atom. The van der Waals surface area contributed by atoms with Crippen LogP contribution < -0.4 is 0 Å². The van der Waals surface area contributed by atoms with E-state index in [4.69, 9.17) is 0 Å². The Balaban J connectivity index is 1.95. The van der Waals surface area contributed by atoms with E-state index in [0.29, 0.717) is 18.0 Å². The van der Waals surface area contributed by atoms with Crippen LogP contribution in [-0.4, -0.2) is 10.9 Å². The zero-order chi connectivity index (χ0) is 14.4. The van der Waals surface area contributed by atoms with E-state index in [1.165, 1.54) is 22.3 Å². The van der Waals surface area contributed by atoms with Crippen molar-refractivity contribution in [2.24, 2.45) is 0 Å². The Hall–Kier alpha value is -1.86. The third-order valence-corrected chi connectivity index (χ3v) is 5.23. The van der Waals surface area contributed by atoms with Gasteiger partial charge in [0.2, 0.25) is 0 Å². The van der Waals surface area contributed by atoms with Crippen LogP contribution in [0.4, 0.5) is 0 Å². The van der Waals surface area contributed by atoms with E-state index < -0.39 is 0 Å². The minimum absolute atomic E-state index is 0.471. The number of nitrogens with zero attached hydrogens (tertiary/aromatic N) is 1. The second-order valence-electron chi connectivity index (χ2n) is 6.26. The molecule has 2 heterocycles. The maximum atomic E-state index is 3.98. The topological polar surface area (TPSA) is 3.24 Å². The predicted molar refractivity (Wildman–Crippen MR) is 87.3 cm³/mol. The Labute approximate surface area is 126 Å². The summed E-state index contributed by atoms with van der Waals surface area (Å²) in [4.78, 5) is 2.66. The van der Waals surface area contributed by atoms with Gasteiger partial charge in [0.05, 0.1) is 0 Å². The number of hydrogen-bond acceptors (Lipinski definition) is 1. The van der Waals surface area contributed by atoms with E-state index in [1.54, 1.807) is 0 Å². The lowest BCUT2D eigenvalue weighted by atomic mass is 9.72. The monoisotopic (exact) mass is 275 g/mol. The fourth-order valence-electron chi connectivity index (χ4n) is 4.29. The summed E-state index contributed by atoms with van der Waals surface area (Å²) in [7, 11) is 0. The molecule has 0 saturated heterocycles. The molecular weight excluding hydrogens is 254 g/mol. The first-order valence-electron chi connectivity index (χ1n) is 7.84. The molecule has 106 valence electrons. The van der Waals surface area contributed by atoms with Crippen molar-refractivity contribution >= 4 is 0 Å². The van der Waals surface area contributed by atoms with Gasteiger partial charge in [0.25, 0.3) is 0 Å². The van der Waals surface area contributed by atoms with Gasteiger partial charge in [-0.3, -0.25) is 4.90 Å². The van der Waals surface area contributed by atoms with Crippen LogP contribution in [0.1, 0.15) is 47.6 Å². The summed E-state index contributed by atoms with van der Waals surface area (Å²) in [5, 5.41) is 0. The van der Waals surface area contributed by atoms with Gasteiger partial charge in [-0.2, -0.15) is 0 Å². The van der Waals surface area contributed by atoms with Gasteiger partial charge in [0, 0.05) is 24.5 Å². The second-order valence-corrected chi connectivity index (χ2v) is 6.26. The second kappa shape index (κ2) is 4.85. The summed E-state index contributed by atoms with van der Waals surface area (Å²) in [6.07, 6.45) is 3.09. The first-order chi connectivity index (χ1) is 10.3.